The predicted molar refractivity (Wildman–Crippen MR) is 89.1 cm³/mol. The van der Waals surface area contributed by atoms with Gasteiger partial charge in [0.25, 0.3) is 5.56 Å². The summed E-state index contributed by atoms with van der Waals surface area (Å²) in [5.41, 5.74) is 2.63. The molecule has 0 bridgehead atoms. The molecule has 1 aromatic heterocycles. The van der Waals surface area contributed by atoms with Crippen LogP contribution < -0.4 is 10.9 Å². The van der Waals surface area contributed by atoms with Crippen LogP contribution in [-0.2, 0) is 13.6 Å². The number of benzene rings is 1. The number of nitrogens with one attached hydrogen (secondary N) is 1. The Labute approximate surface area is 131 Å². The molecular formula is C18H23N3O. The lowest BCUT2D eigenvalue weighted by atomic mass is 9.84. The van der Waals surface area contributed by atoms with Gasteiger partial charge in [-0.25, -0.2) is 4.98 Å². The van der Waals surface area contributed by atoms with Crippen molar-refractivity contribution < 1.29 is 0 Å². The Hall–Kier alpha value is -2.10. The first-order valence-corrected chi connectivity index (χ1v) is 8.08. The highest BCUT2D eigenvalue weighted by Gasteiger charge is 2.14. The standard InChI is InChI=1S/C18H23N3O/c1-21-13-20-17(11-18(21)22)19-12-14-7-9-16(10-8-14)15-5-3-2-4-6-15/h7-11,13,15,19H,2-6,12H2,1H3. The van der Waals surface area contributed by atoms with Gasteiger partial charge >= 0.3 is 0 Å². The number of hydrogen-bond acceptors (Lipinski definition) is 3. The molecule has 3 rings (SSSR count). The zero-order valence-electron chi connectivity index (χ0n) is 13.1. The molecule has 1 aliphatic rings. The maximum absolute atomic E-state index is 11.6. The number of aromatic nitrogens is 2. The maximum Gasteiger partial charge on any atom is 0.255 e. The Balaban J connectivity index is 1.60. The third-order valence-electron chi connectivity index (χ3n) is 4.51. The topological polar surface area (TPSA) is 46.9 Å². The van der Waals surface area contributed by atoms with Gasteiger partial charge in [0.05, 0.1) is 6.33 Å². The molecule has 0 aliphatic heterocycles. The molecule has 0 atom stereocenters. The van der Waals surface area contributed by atoms with E-state index >= 15 is 0 Å². The van der Waals surface area contributed by atoms with Crippen molar-refractivity contribution in [2.24, 2.45) is 7.05 Å². The molecule has 1 N–H and O–H groups in total. The van der Waals surface area contributed by atoms with E-state index < -0.39 is 0 Å². The summed E-state index contributed by atoms with van der Waals surface area (Å²) in [6, 6.07) is 10.4. The van der Waals surface area contributed by atoms with Gasteiger partial charge in [0.15, 0.2) is 0 Å². The molecule has 22 heavy (non-hydrogen) atoms. The Kier molecular flexibility index (Phi) is 4.56. The molecule has 0 spiro atoms. The van der Waals surface area contributed by atoms with Crippen LogP contribution in [-0.4, -0.2) is 9.55 Å². The first kappa shape index (κ1) is 14.8. The van der Waals surface area contributed by atoms with Crippen molar-refractivity contribution in [2.75, 3.05) is 5.32 Å². The van der Waals surface area contributed by atoms with E-state index in [4.69, 9.17) is 0 Å². The van der Waals surface area contributed by atoms with E-state index in [1.807, 2.05) is 0 Å². The van der Waals surface area contributed by atoms with Gasteiger partial charge < -0.3 is 9.88 Å². The molecule has 4 heteroatoms. The Morgan fingerprint density at radius 1 is 1.18 bits per heavy atom. The van der Waals surface area contributed by atoms with Crippen molar-refractivity contribution >= 4 is 5.82 Å². The summed E-state index contributed by atoms with van der Waals surface area (Å²) in [5.74, 6) is 1.37. The van der Waals surface area contributed by atoms with Gasteiger partial charge in [0, 0.05) is 19.7 Å². The van der Waals surface area contributed by atoms with Crippen LogP contribution in [0.4, 0.5) is 5.82 Å². The van der Waals surface area contributed by atoms with Gasteiger partial charge in [-0.1, -0.05) is 43.5 Å². The predicted octanol–water partition coefficient (Wildman–Crippen LogP) is 3.44. The van der Waals surface area contributed by atoms with Gasteiger partial charge in [0.1, 0.15) is 5.82 Å². The molecule has 0 amide bonds. The molecule has 0 radical (unpaired) electrons. The van der Waals surface area contributed by atoms with Crippen molar-refractivity contribution in [1.82, 2.24) is 9.55 Å². The van der Waals surface area contributed by atoms with E-state index in [-0.39, 0.29) is 5.56 Å². The van der Waals surface area contributed by atoms with Gasteiger partial charge in [-0.2, -0.15) is 0 Å². The summed E-state index contributed by atoms with van der Waals surface area (Å²) in [5, 5.41) is 3.20. The van der Waals surface area contributed by atoms with Crippen LogP contribution in [0.2, 0.25) is 0 Å². The lowest BCUT2D eigenvalue weighted by Gasteiger charge is -2.22. The summed E-state index contributed by atoms with van der Waals surface area (Å²) in [6.07, 6.45) is 8.31. The van der Waals surface area contributed by atoms with Crippen molar-refractivity contribution in [3.05, 3.63) is 58.1 Å². The third-order valence-corrected chi connectivity index (χ3v) is 4.51. The van der Waals surface area contributed by atoms with Crippen molar-refractivity contribution in [1.29, 1.82) is 0 Å². The average molecular weight is 297 g/mol. The van der Waals surface area contributed by atoms with Crippen LogP contribution in [0.25, 0.3) is 0 Å². The molecule has 0 unspecified atom stereocenters. The summed E-state index contributed by atoms with van der Waals surface area (Å²) < 4.78 is 1.46. The fraction of sp³-hybridized carbons (Fsp3) is 0.444. The van der Waals surface area contributed by atoms with Crippen LogP contribution in [0.3, 0.4) is 0 Å². The number of hydrogen-bond donors (Lipinski definition) is 1. The van der Waals surface area contributed by atoms with Gasteiger partial charge in [-0.3, -0.25) is 4.79 Å². The van der Waals surface area contributed by atoms with Crippen LogP contribution in [0.1, 0.15) is 49.1 Å². The van der Waals surface area contributed by atoms with Gasteiger partial charge in [0.2, 0.25) is 0 Å². The lowest BCUT2D eigenvalue weighted by Crippen LogP contribution is -2.17. The normalized spacial score (nSPS) is 15.7. The summed E-state index contributed by atoms with van der Waals surface area (Å²) in [6.45, 7) is 0.686. The van der Waals surface area contributed by atoms with E-state index in [0.29, 0.717) is 12.4 Å². The zero-order chi connectivity index (χ0) is 15.4. The molecular weight excluding hydrogens is 274 g/mol. The largest absolute Gasteiger partial charge is 0.366 e. The van der Waals surface area contributed by atoms with Gasteiger partial charge in [-0.15, -0.1) is 0 Å². The minimum absolute atomic E-state index is 0.0508. The highest BCUT2D eigenvalue weighted by atomic mass is 16.1. The minimum atomic E-state index is -0.0508. The van der Waals surface area contributed by atoms with E-state index in [1.54, 1.807) is 7.05 Å². The summed E-state index contributed by atoms with van der Waals surface area (Å²) >= 11 is 0. The van der Waals surface area contributed by atoms with Crippen LogP contribution in [0.5, 0.6) is 0 Å². The number of rotatable bonds is 4. The summed E-state index contributed by atoms with van der Waals surface area (Å²) in [7, 11) is 1.70. The number of aryl methyl sites for hydroxylation is 1. The molecule has 1 aromatic carbocycles. The minimum Gasteiger partial charge on any atom is -0.366 e. The molecule has 2 aromatic rings. The molecule has 1 aliphatic carbocycles. The number of anilines is 1. The Bertz CT molecular complexity index is 669. The fourth-order valence-corrected chi connectivity index (χ4v) is 3.09. The smallest absolute Gasteiger partial charge is 0.255 e. The maximum atomic E-state index is 11.6. The van der Waals surface area contributed by atoms with E-state index in [1.165, 1.54) is 60.2 Å². The van der Waals surface area contributed by atoms with E-state index in [9.17, 15) is 4.79 Å². The molecule has 0 saturated heterocycles. The third kappa shape index (κ3) is 3.56. The van der Waals surface area contributed by atoms with Crippen LogP contribution in [0.15, 0.2) is 41.5 Å². The van der Waals surface area contributed by atoms with Crippen molar-refractivity contribution in [3.8, 4) is 0 Å². The second-order valence-electron chi connectivity index (χ2n) is 6.15. The highest BCUT2D eigenvalue weighted by molar-refractivity contribution is 5.34. The molecule has 4 nitrogen and oxygen atoms in total. The average Bonchev–Trinajstić information content (AvgIpc) is 2.57. The zero-order valence-corrected chi connectivity index (χ0v) is 13.1. The summed E-state index contributed by atoms with van der Waals surface area (Å²) in [4.78, 5) is 15.8. The Morgan fingerprint density at radius 3 is 2.59 bits per heavy atom. The van der Waals surface area contributed by atoms with Crippen molar-refractivity contribution in [3.63, 3.8) is 0 Å². The second-order valence-corrected chi connectivity index (χ2v) is 6.15. The highest BCUT2D eigenvalue weighted by Crippen LogP contribution is 2.32. The molecule has 1 heterocycles. The Morgan fingerprint density at radius 2 is 1.91 bits per heavy atom. The number of nitrogens with zero attached hydrogens (tertiary/aromatic N) is 2. The lowest BCUT2D eigenvalue weighted by molar-refractivity contribution is 0.443. The van der Waals surface area contributed by atoms with Gasteiger partial charge in [-0.05, 0) is 29.9 Å². The molecule has 1 fully saturated rings. The van der Waals surface area contributed by atoms with Crippen molar-refractivity contribution in [2.45, 2.75) is 44.6 Å². The fourth-order valence-electron chi connectivity index (χ4n) is 3.09. The van der Waals surface area contributed by atoms with E-state index in [0.717, 1.165) is 5.92 Å². The monoisotopic (exact) mass is 297 g/mol. The van der Waals surface area contributed by atoms with E-state index in [2.05, 4.69) is 34.6 Å². The first-order valence-electron chi connectivity index (χ1n) is 8.08. The quantitative estimate of drug-likeness (QED) is 0.940. The second kappa shape index (κ2) is 6.77. The van der Waals surface area contributed by atoms with Crippen LogP contribution >= 0.6 is 0 Å². The molecule has 1 saturated carbocycles. The SMILES string of the molecule is Cn1cnc(NCc2ccc(C3CCCCC3)cc2)cc1=O. The molecule has 116 valence electrons. The first-order chi connectivity index (χ1) is 10.7. The van der Waals surface area contributed by atoms with Crippen LogP contribution in [0, 0.1) is 0 Å².